The molecule has 0 unspecified atom stereocenters. The average molecular weight is 352 g/mol. The molecule has 26 heavy (non-hydrogen) atoms. The molecule has 0 saturated heterocycles. The number of ether oxygens (including phenoxy) is 1. The van der Waals surface area contributed by atoms with Crippen molar-refractivity contribution in [3.63, 3.8) is 0 Å². The van der Waals surface area contributed by atoms with Gasteiger partial charge in [0.1, 0.15) is 11.3 Å². The van der Waals surface area contributed by atoms with Crippen LogP contribution in [0.25, 0.3) is 11.0 Å². The Balaban J connectivity index is 1.90. The Labute approximate surface area is 153 Å². The summed E-state index contributed by atoms with van der Waals surface area (Å²) in [6.07, 6.45) is 1.77. The fourth-order valence-corrected chi connectivity index (χ4v) is 3.24. The number of fused-ring (bicyclic) bond motifs is 1. The lowest BCUT2D eigenvalue weighted by atomic mass is 10.1. The summed E-state index contributed by atoms with van der Waals surface area (Å²) in [7, 11) is 3.40. The Morgan fingerprint density at radius 3 is 2.62 bits per heavy atom. The van der Waals surface area contributed by atoms with Crippen molar-refractivity contribution in [2.75, 3.05) is 14.2 Å². The molecule has 0 aliphatic heterocycles. The molecule has 3 aromatic rings. The number of aryl methyl sites for hydroxylation is 3. The van der Waals surface area contributed by atoms with Crippen LogP contribution in [0.15, 0.2) is 28.8 Å². The van der Waals surface area contributed by atoms with Crippen LogP contribution in [0.5, 0.6) is 5.75 Å². The first-order chi connectivity index (χ1) is 12.3. The van der Waals surface area contributed by atoms with Crippen molar-refractivity contribution < 1.29 is 13.9 Å². The van der Waals surface area contributed by atoms with Gasteiger partial charge in [0.05, 0.1) is 19.3 Å². The van der Waals surface area contributed by atoms with Crippen LogP contribution < -0.4 is 4.74 Å². The van der Waals surface area contributed by atoms with E-state index in [1.54, 1.807) is 25.3 Å². The summed E-state index contributed by atoms with van der Waals surface area (Å²) in [5.41, 5.74) is 5.45. The number of hydrogen-bond acceptors (Lipinski definition) is 4. The maximum Gasteiger partial charge on any atom is 0.289 e. The quantitative estimate of drug-likeness (QED) is 0.701. The number of carbonyl (C=O) groups is 1. The predicted molar refractivity (Wildman–Crippen MR) is 102 cm³/mol. The van der Waals surface area contributed by atoms with Crippen LogP contribution in [0.3, 0.4) is 0 Å². The summed E-state index contributed by atoms with van der Waals surface area (Å²) >= 11 is 0. The van der Waals surface area contributed by atoms with Crippen LogP contribution in [0, 0.1) is 27.7 Å². The van der Waals surface area contributed by atoms with Gasteiger partial charge >= 0.3 is 0 Å². The van der Waals surface area contributed by atoms with Crippen molar-refractivity contribution in [1.82, 2.24) is 9.88 Å². The van der Waals surface area contributed by atoms with Gasteiger partial charge in [-0.05, 0) is 39.3 Å². The zero-order valence-electron chi connectivity index (χ0n) is 16.1. The van der Waals surface area contributed by atoms with Crippen LogP contribution in [0.4, 0.5) is 0 Å². The lowest BCUT2D eigenvalue weighted by Crippen LogP contribution is -2.27. The third-order valence-corrected chi connectivity index (χ3v) is 4.77. The molecule has 0 aliphatic carbocycles. The second-order valence-corrected chi connectivity index (χ2v) is 6.76. The largest absolute Gasteiger partial charge is 0.496 e. The third kappa shape index (κ3) is 3.05. The van der Waals surface area contributed by atoms with E-state index in [-0.39, 0.29) is 5.91 Å². The molecule has 5 heteroatoms. The monoisotopic (exact) mass is 352 g/mol. The minimum absolute atomic E-state index is 0.155. The van der Waals surface area contributed by atoms with E-state index < -0.39 is 0 Å². The molecule has 5 nitrogen and oxygen atoms in total. The number of amides is 1. The van der Waals surface area contributed by atoms with E-state index in [1.165, 1.54) is 0 Å². The first-order valence-electron chi connectivity index (χ1n) is 8.57. The second-order valence-electron chi connectivity index (χ2n) is 6.76. The van der Waals surface area contributed by atoms with Crippen molar-refractivity contribution in [3.05, 3.63) is 58.1 Å². The number of aromatic nitrogens is 1. The highest BCUT2D eigenvalue weighted by Gasteiger charge is 2.22. The van der Waals surface area contributed by atoms with Gasteiger partial charge in [0.25, 0.3) is 5.91 Å². The first kappa shape index (κ1) is 18.0. The first-order valence-corrected chi connectivity index (χ1v) is 8.57. The van der Waals surface area contributed by atoms with E-state index in [4.69, 9.17) is 9.15 Å². The van der Waals surface area contributed by atoms with Gasteiger partial charge in [-0.1, -0.05) is 12.1 Å². The van der Waals surface area contributed by atoms with Gasteiger partial charge in [0.15, 0.2) is 5.76 Å². The number of methoxy groups -OCH3 is 1. The molecule has 0 radical (unpaired) electrons. The number of hydrogen-bond donors (Lipinski definition) is 0. The number of benzene rings is 1. The van der Waals surface area contributed by atoms with E-state index in [9.17, 15) is 4.79 Å². The maximum absolute atomic E-state index is 12.9. The van der Waals surface area contributed by atoms with Crippen molar-refractivity contribution in [3.8, 4) is 5.75 Å². The second kappa shape index (κ2) is 6.83. The maximum atomic E-state index is 12.9. The van der Waals surface area contributed by atoms with Crippen LogP contribution >= 0.6 is 0 Å². The topological polar surface area (TPSA) is 55.6 Å². The number of rotatable bonds is 4. The Kier molecular flexibility index (Phi) is 4.72. The Morgan fingerprint density at radius 2 is 1.92 bits per heavy atom. The molecular weight excluding hydrogens is 328 g/mol. The molecule has 3 rings (SSSR count). The number of pyridine rings is 1. The number of carbonyl (C=O) groups excluding carboxylic acids is 1. The van der Waals surface area contributed by atoms with Gasteiger partial charge in [0, 0.05) is 35.3 Å². The van der Waals surface area contributed by atoms with Crippen LogP contribution in [0.1, 0.15) is 38.5 Å². The molecule has 0 fully saturated rings. The normalized spacial score (nSPS) is 11.0. The van der Waals surface area contributed by atoms with E-state index in [0.717, 1.165) is 44.7 Å². The van der Waals surface area contributed by atoms with Crippen molar-refractivity contribution >= 4 is 16.9 Å². The van der Waals surface area contributed by atoms with Gasteiger partial charge in [-0.2, -0.15) is 0 Å². The van der Waals surface area contributed by atoms with Crippen molar-refractivity contribution in [1.29, 1.82) is 0 Å². The number of furan rings is 1. The number of nitrogens with zero attached hydrogens (tertiary/aromatic N) is 2. The highest BCUT2D eigenvalue weighted by molar-refractivity contribution is 5.98. The van der Waals surface area contributed by atoms with E-state index >= 15 is 0 Å². The summed E-state index contributed by atoms with van der Waals surface area (Å²) in [5, 5.41) is 0.971. The molecule has 1 aromatic carbocycles. The fraction of sp³-hybridized carbons (Fsp3) is 0.333. The lowest BCUT2D eigenvalue weighted by molar-refractivity contribution is 0.0752. The summed E-state index contributed by atoms with van der Waals surface area (Å²) in [6.45, 7) is 8.22. The van der Waals surface area contributed by atoms with E-state index in [0.29, 0.717) is 12.3 Å². The molecule has 2 aromatic heterocycles. The molecule has 0 atom stereocenters. The smallest absolute Gasteiger partial charge is 0.289 e. The molecule has 0 N–H and O–H groups in total. The summed E-state index contributed by atoms with van der Waals surface area (Å²) < 4.78 is 11.3. The SMILES string of the molecule is COc1c(C)cnc(CN(C)C(=O)c2oc3cc(C)ccc3c2C)c1C. The molecule has 136 valence electrons. The Bertz CT molecular complexity index is 989. The van der Waals surface area contributed by atoms with Gasteiger partial charge < -0.3 is 14.1 Å². The van der Waals surface area contributed by atoms with E-state index in [2.05, 4.69) is 4.98 Å². The van der Waals surface area contributed by atoms with Crippen LogP contribution in [-0.2, 0) is 6.54 Å². The summed E-state index contributed by atoms with van der Waals surface area (Å²) in [5.74, 6) is 1.04. The lowest BCUT2D eigenvalue weighted by Gasteiger charge is -2.18. The van der Waals surface area contributed by atoms with E-state index in [1.807, 2.05) is 45.9 Å². The Morgan fingerprint density at radius 1 is 1.19 bits per heavy atom. The van der Waals surface area contributed by atoms with Crippen LogP contribution in [-0.4, -0.2) is 29.9 Å². The van der Waals surface area contributed by atoms with Crippen LogP contribution in [0.2, 0.25) is 0 Å². The standard InChI is InChI=1S/C21H24N2O3/c1-12-7-8-16-14(3)20(26-18(16)9-12)21(24)23(5)11-17-15(4)19(25-6)13(2)10-22-17/h7-10H,11H2,1-6H3. The molecule has 0 spiro atoms. The molecule has 0 saturated carbocycles. The predicted octanol–water partition coefficient (Wildman–Crippen LogP) is 4.34. The van der Waals surface area contributed by atoms with Gasteiger partial charge in [0.2, 0.25) is 0 Å². The molecular formula is C21H24N2O3. The van der Waals surface area contributed by atoms with Gasteiger partial charge in [-0.15, -0.1) is 0 Å². The van der Waals surface area contributed by atoms with Gasteiger partial charge in [-0.25, -0.2) is 0 Å². The average Bonchev–Trinajstić information content (AvgIpc) is 2.93. The molecule has 0 aliphatic rings. The van der Waals surface area contributed by atoms with Crippen molar-refractivity contribution in [2.24, 2.45) is 0 Å². The third-order valence-electron chi connectivity index (χ3n) is 4.77. The molecule has 2 heterocycles. The molecule has 0 bridgehead atoms. The minimum atomic E-state index is -0.155. The van der Waals surface area contributed by atoms with Crippen molar-refractivity contribution in [2.45, 2.75) is 34.2 Å². The fourth-order valence-electron chi connectivity index (χ4n) is 3.24. The zero-order chi connectivity index (χ0) is 19.0. The molecule has 1 amide bonds. The minimum Gasteiger partial charge on any atom is -0.496 e. The highest BCUT2D eigenvalue weighted by atomic mass is 16.5. The summed E-state index contributed by atoms with van der Waals surface area (Å²) in [4.78, 5) is 19.0. The van der Waals surface area contributed by atoms with Gasteiger partial charge in [-0.3, -0.25) is 9.78 Å². The Hall–Kier alpha value is -2.82. The zero-order valence-corrected chi connectivity index (χ0v) is 16.1. The summed E-state index contributed by atoms with van der Waals surface area (Å²) in [6, 6.07) is 5.97. The highest BCUT2D eigenvalue weighted by Crippen LogP contribution is 2.28.